The largest absolute Gasteiger partial charge is 0.387 e. The second kappa shape index (κ2) is 5.49. The molecule has 1 aromatic rings. The number of hydrogen-bond donors (Lipinski definition) is 1. The normalized spacial score (nSPS) is 27.1. The number of hydrogen-bond acceptors (Lipinski definition) is 3. The summed E-state index contributed by atoms with van der Waals surface area (Å²) >= 11 is 1.66. The Balaban J connectivity index is 2.08. The summed E-state index contributed by atoms with van der Waals surface area (Å²) in [5, 5.41) is 11.6. The molecule has 1 aromatic heterocycles. The van der Waals surface area contributed by atoms with E-state index in [9.17, 15) is 5.11 Å². The van der Waals surface area contributed by atoms with Crippen LogP contribution in [0.4, 0.5) is 0 Å². The molecule has 0 bridgehead atoms. The fraction of sp³-hybridized carbons (Fsp3) is 0.786. The van der Waals surface area contributed by atoms with Crippen LogP contribution in [0.1, 0.15) is 60.7 Å². The van der Waals surface area contributed by atoms with Crippen molar-refractivity contribution >= 4 is 11.3 Å². The molecule has 0 amide bonds. The zero-order valence-electron chi connectivity index (χ0n) is 11.1. The predicted octanol–water partition coefficient (Wildman–Crippen LogP) is 4.01. The molecule has 0 saturated heterocycles. The Hall–Kier alpha value is -0.410. The maximum atomic E-state index is 10.5. The third-order valence-corrected chi connectivity index (χ3v) is 5.20. The van der Waals surface area contributed by atoms with Crippen molar-refractivity contribution in [2.24, 2.45) is 11.8 Å². The van der Waals surface area contributed by atoms with Gasteiger partial charge in [-0.2, -0.15) is 0 Å². The molecule has 2 nitrogen and oxygen atoms in total. The minimum Gasteiger partial charge on any atom is -0.387 e. The summed E-state index contributed by atoms with van der Waals surface area (Å²) in [6, 6.07) is 0. The lowest BCUT2D eigenvalue weighted by Gasteiger charge is -2.31. The Bertz CT molecular complexity index is 374. The van der Waals surface area contributed by atoms with Crippen LogP contribution >= 0.6 is 11.3 Å². The number of aliphatic hydroxyl groups is 1. The van der Waals surface area contributed by atoms with E-state index in [0.717, 1.165) is 21.5 Å². The van der Waals surface area contributed by atoms with E-state index in [1.54, 1.807) is 11.3 Å². The summed E-state index contributed by atoms with van der Waals surface area (Å²) in [7, 11) is 0. The van der Waals surface area contributed by atoms with Crippen LogP contribution in [0.25, 0.3) is 0 Å². The molecule has 1 N–H and O–H groups in total. The maximum absolute atomic E-state index is 10.5. The van der Waals surface area contributed by atoms with Crippen LogP contribution in [0.5, 0.6) is 0 Å². The van der Waals surface area contributed by atoms with Crippen molar-refractivity contribution in [2.75, 3.05) is 0 Å². The van der Waals surface area contributed by atoms with Gasteiger partial charge in [0.15, 0.2) is 0 Å². The highest BCUT2D eigenvalue weighted by molar-refractivity contribution is 7.11. The zero-order valence-corrected chi connectivity index (χ0v) is 11.9. The molecule has 1 heterocycles. The number of thiazole rings is 1. The smallest absolute Gasteiger partial charge is 0.0928 e. The van der Waals surface area contributed by atoms with Crippen LogP contribution in [0, 0.1) is 25.7 Å². The second-order valence-corrected chi connectivity index (χ2v) is 6.56. The van der Waals surface area contributed by atoms with E-state index in [1.165, 1.54) is 32.1 Å². The molecule has 17 heavy (non-hydrogen) atoms. The van der Waals surface area contributed by atoms with Gasteiger partial charge in [0.2, 0.25) is 0 Å². The summed E-state index contributed by atoms with van der Waals surface area (Å²) < 4.78 is 0. The van der Waals surface area contributed by atoms with Gasteiger partial charge in [-0.25, -0.2) is 4.98 Å². The molecule has 3 unspecified atom stereocenters. The van der Waals surface area contributed by atoms with Crippen LogP contribution in [0.3, 0.4) is 0 Å². The van der Waals surface area contributed by atoms with Gasteiger partial charge in [-0.3, -0.25) is 0 Å². The highest BCUT2D eigenvalue weighted by Crippen LogP contribution is 2.40. The lowest BCUT2D eigenvalue weighted by Crippen LogP contribution is -2.21. The van der Waals surface area contributed by atoms with Gasteiger partial charge in [-0.05, 0) is 38.5 Å². The third kappa shape index (κ3) is 2.89. The average molecular weight is 253 g/mol. The van der Waals surface area contributed by atoms with Gasteiger partial charge in [0.05, 0.1) is 21.7 Å². The predicted molar refractivity (Wildman–Crippen MR) is 72.3 cm³/mol. The third-order valence-electron chi connectivity index (χ3n) is 4.06. The van der Waals surface area contributed by atoms with Crippen molar-refractivity contribution in [3.8, 4) is 0 Å². The van der Waals surface area contributed by atoms with E-state index < -0.39 is 0 Å². The Morgan fingerprint density at radius 3 is 2.76 bits per heavy atom. The topological polar surface area (TPSA) is 33.1 Å². The van der Waals surface area contributed by atoms with Crippen molar-refractivity contribution in [3.63, 3.8) is 0 Å². The molecular weight excluding hydrogens is 230 g/mol. The average Bonchev–Trinajstić information content (AvgIpc) is 2.67. The van der Waals surface area contributed by atoms with Gasteiger partial charge in [-0.15, -0.1) is 11.3 Å². The van der Waals surface area contributed by atoms with Gasteiger partial charge < -0.3 is 5.11 Å². The molecule has 0 aromatic carbocycles. The van der Waals surface area contributed by atoms with E-state index in [1.807, 2.05) is 13.8 Å². The molecule has 2 rings (SSSR count). The van der Waals surface area contributed by atoms with Gasteiger partial charge in [-0.1, -0.05) is 26.2 Å². The molecule has 3 heteroatoms. The highest BCUT2D eigenvalue weighted by Gasteiger charge is 2.29. The highest BCUT2D eigenvalue weighted by atomic mass is 32.1. The molecule has 0 spiro atoms. The summed E-state index contributed by atoms with van der Waals surface area (Å²) in [6.45, 7) is 6.30. The minimum absolute atomic E-state index is 0.282. The summed E-state index contributed by atoms with van der Waals surface area (Å²) in [5.74, 6) is 1.27. The van der Waals surface area contributed by atoms with Crippen LogP contribution in [-0.4, -0.2) is 10.1 Å². The molecule has 1 aliphatic rings. The molecule has 1 fully saturated rings. The number of nitrogens with zero attached hydrogens (tertiary/aromatic N) is 1. The Morgan fingerprint density at radius 1 is 1.41 bits per heavy atom. The van der Waals surface area contributed by atoms with Crippen molar-refractivity contribution in [1.29, 1.82) is 0 Å². The number of aliphatic hydroxyl groups excluding tert-OH is 1. The molecule has 0 radical (unpaired) electrons. The first-order chi connectivity index (χ1) is 8.11. The first-order valence-electron chi connectivity index (χ1n) is 6.73. The Morgan fingerprint density at radius 2 is 2.18 bits per heavy atom. The van der Waals surface area contributed by atoms with Gasteiger partial charge >= 0.3 is 0 Å². The molecule has 96 valence electrons. The van der Waals surface area contributed by atoms with E-state index in [-0.39, 0.29) is 6.10 Å². The molecule has 1 aliphatic carbocycles. The maximum Gasteiger partial charge on any atom is 0.0928 e. The van der Waals surface area contributed by atoms with Crippen LogP contribution in [0.15, 0.2) is 0 Å². The fourth-order valence-corrected chi connectivity index (χ4v) is 4.03. The lowest BCUT2D eigenvalue weighted by molar-refractivity contribution is 0.0699. The summed E-state index contributed by atoms with van der Waals surface area (Å²) in [4.78, 5) is 5.53. The van der Waals surface area contributed by atoms with Gasteiger partial charge in [0.25, 0.3) is 0 Å². The van der Waals surface area contributed by atoms with Crippen LogP contribution < -0.4 is 0 Å². The van der Waals surface area contributed by atoms with Crippen molar-refractivity contribution < 1.29 is 5.11 Å². The van der Waals surface area contributed by atoms with Crippen molar-refractivity contribution in [3.05, 3.63) is 15.6 Å². The first kappa shape index (κ1) is 13.0. The van der Waals surface area contributed by atoms with E-state index in [2.05, 4.69) is 11.9 Å². The number of rotatable bonds is 3. The zero-order chi connectivity index (χ0) is 12.4. The lowest BCUT2D eigenvalue weighted by atomic mass is 9.77. The van der Waals surface area contributed by atoms with E-state index in [4.69, 9.17) is 0 Å². The van der Waals surface area contributed by atoms with Crippen LogP contribution in [0.2, 0.25) is 0 Å². The Kier molecular flexibility index (Phi) is 4.21. The SMILES string of the molecule is CCC1CCCC(C(O)c2sc(C)nc2C)C1. The summed E-state index contributed by atoms with van der Waals surface area (Å²) in [6.07, 6.45) is 5.96. The van der Waals surface area contributed by atoms with E-state index in [0.29, 0.717) is 5.92 Å². The van der Waals surface area contributed by atoms with Crippen molar-refractivity contribution in [1.82, 2.24) is 4.98 Å². The molecule has 3 atom stereocenters. The molecule has 0 aliphatic heterocycles. The van der Waals surface area contributed by atoms with Gasteiger partial charge in [0, 0.05) is 0 Å². The van der Waals surface area contributed by atoms with E-state index >= 15 is 0 Å². The fourth-order valence-electron chi connectivity index (χ4n) is 3.03. The summed E-state index contributed by atoms with van der Waals surface area (Å²) in [5.41, 5.74) is 1.03. The number of aromatic nitrogens is 1. The number of aryl methyl sites for hydroxylation is 2. The minimum atomic E-state index is -0.282. The van der Waals surface area contributed by atoms with Gasteiger partial charge in [0.1, 0.15) is 0 Å². The molecular formula is C14H23NOS. The first-order valence-corrected chi connectivity index (χ1v) is 7.55. The van der Waals surface area contributed by atoms with Crippen molar-refractivity contribution in [2.45, 2.75) is 59.0 Å². The standard InChI is InChI=1S/C14H23NOS/c1-4-11-6-5-7-12(8-11)13(16)14-9(2)15-10(3)17-14/h11-13,16H,4-8H2,1-3H3. The van der Waals surface area contributed by atoms with Crippen LogP contribution in [-0.2, 0) is 0 Å². The quantitative estimate of drug-likeness (QED) is 0.883. The molecule has 1 saturated carbocycles. The monoisotopic (exact) mass is 253 g/mol. The second-order valence-electron chi connectivity index (χ2n) is 5.33. The Labute approximate surface area is 108 Å².